The Balaban J connectivity index is 4.15. The zero-order valence-electron chi connectivity index (χ0n) is 10.1. The van der Waals surface area contributed by atoms with Gasteiger partial charge in [0.05, 0.1) is 22.5 Å². The third-order valence-corrected chi connectivity index (χ3v) is 5.14. The summed E-state index contributed by atoms with van der Waals surface area (Å²) in [5.74, 6) is 0.202. The summed E-state index contributed by atoms with van der Waals surface area (Å²) in [6, 6.07) is 2.18. The van der Waals surface area contributed by atoms with Gasteiger partial charge >= 0.3 is 0 Å². The number of rotatable bonds is 6. The van der Waals surface area contributed by atoms with Crippen LogP contribution in [0.1, 0.15) is 47.0 Å². The molecule has 0 aliphatic rings. The van der Waals surface area contributed by atoms with E-state index in [0.717, 1.165) is 0 Å². The van der Waals surface area contributed by atoms with Gasteiger partial charge in [-0.05, 0) is 40.0 Å². The third-order valence-electron chi connectivity index (χ3n) is 2.72. The van der Waals surface area contributed by atoms with Gasteiger partial charge in [0, 0.05) is 0 Å². The predicted octanol–water partition coefficient (Wildman–Crippen LogP) is 2.53. The monoisotopic (exact) mass is 231 g/mol. The Morgan fingerprint density at radius 2 is 1.93 bits per heavy atom. The van der Waals surface area contributed by atoms with Crippen LogP contribution in [0.4, 0.5) is 0 Å². The first-order valence-corrected chi connectivity index (χ1v) is 7.09. The molecule has 0 fully saturated rings. The number of sulfone groups is 1. The SMILES string of the molecule is CCC(C)S(=O)(=O)CCCC(C)(C)C#N. The molecule has 0 aromatic heterocycles. The summed E-state index contributed by atoms with van der Waals surface area (Å²) in [4.78, 5) is 0. The van der Waals surface area contributed by atoms with Crippen LogP contribution >= 0.6 is 0 Å². The van der Waals surface area contributed by atoms with Crippen molar-refractivity contribution in [2.75, 3.05) is 5.75 Å². The fraction of sp³-hybridized carbons (Fsp3) is 0.909. The summed E-state index contributed by atoms with van der Waals surface area (Å²) < 4.78 is 23.3. The molecule has 0 saturated heterocycles. The van der Waals surface area contributed by atoms with Crippen LogP contribution in [0.5, 0.6) is 0 Å². The molecule has 0 aromatic carbocycles. The molecule has 0 N–H and O–H groups in total. The molecule has 1 unspecified atom stereocenters. The van der Waals surface area contributed by atoms with Crippen molar-refractivity contribution in [3.63, 3.8) is 0 Å². The van der Waals surface area contributed by atoms with Crippen LogP contribution in [-0.4, -0.2) is 19.4 Å². The van der Waals surface area contributed by atoms with Crippen molar-refractivity contribution in [3.8, 4) is 6.07 Å². The largest absolute Gasteiger partial charge is 0.229 e. The molecule has 3 nitrogen and oxygen atoms in total. The Kier molecular flexibility index (Phi) is 5.30. The van der Waals surface area contributed by atoms with E-state index in [4.69, 9.17) is 5.26 Å². The number of nitrogens with zero attached hydrogens (tertiary/aromatic N) is 1. The van der Waals surface area contributed by atoms with Crippen LogP contribution in [0.3, 0.4) is 0 Å². The maximum Gasteiger partial charge on any atom is 0.152 e. The van der Waals surface area contributed by atoms with Crippen molar-refractivity contribution >= 4 is 9.84 Å². The summed E-state index contributed by atoms with van der Waals surface area (Å²) in [7, 11) is -2.95. The van der Waals surface area contributed by atoms with Gasteiger partial charge in [-0.1, -0.05) is 6.92 Å². The van der Waals surface area contributed by atoms with Crippen LogP contribution in [0, 0.1) is 16.7 Å². The van der Waals surface area contributed by atoms with E-state index < -0.39 is 15.3 Å². The molecular formula is C11H21NO2S. The van der Waals surface area contributed by atoms with Gasteiger partial charge in [-0.3, -0.25) is 0 Å². The summed E-state index contributed by atoms with van der Waals surface area (Å²) in [6.45, 7) is 7.29. The minimum atomic E-state index is -2.95. The first kappa shape index (κ1) is 14.4. The van der Waals surface area contributed by atoms with Gasteiger partial charge in [-0.2, -0.15) is 5.26 Å². The lowest BCUT2D eigenvalue weighted by Gasteiger charge is -2.15. The van der Waals surface area contributed by atoms with Crippen molar-refractivity contribution in [1.82, 2.24) is 0 Å². The number of hydrogen-bond donors (Lipinski definition) is 0. The molecule has 0 aliphatic carbocycles. The van der Waals surface area contributed by atoms with E-state index in [1.54, 1.807) is 6.92 Å². The van der Waals surface area contributed by atoms with Crippen LogP contribution in [0.2, 0.25) is 0 Å². The normalized spacial score (nSPS) is 14.6. The summed E-state index contributed by atoms with van der Waals surface area (Å²) in [6.07, 6.45) is 1.87. The lowest BCUT2D eigenvalue weighted by Crippen LogP contribution is -2.21. The molecule has 0 heterocycles. The van der Waals surface area contributed by atoms with Crippen LogP contribution in [0.25, 0.3) is 0 Å². The van der Waals surface area contributed by atoms with Gasteiger partial charge in [0.15, 0.2) is 9.84 Å². The lowest BCUT2D eigenvalue weighted by molar-refractivity contribution is 0.444. The highest BCUT2D eigenvalue weighted by Gasteiger charge is 2.21. The second-order valence-corrected chi connectivity index (χ2v) is 7.22. The maximum atomic E-state index is 11.7. The molecule has 15 heavy (non-hydrogen) atoms. The standard InChI is InChI=1S/C11H21NO2S/c1-5-10(2)15(13,14)8-6-7-11(3,4)9-12/h10H,5-8H2,1-4H3. The Morgan fingerprint density at radius 3 is 2.33 bits per heavy atom. The van der Waals surface area contributed by atoms with Gasteiger partial charge in [0.2, 0.25) is 0 Å². The van der Waals surface area contributed by atoms with Crippen LogP contribution in [0.15, 0.2) is 0 Å². The van der Waals surface area contributed by atoms with Gasteiger partial charge in [0.25, 0.3) is 0 Å². The van der Waals surface area contributed by atoms with Gasteiger partial charge in [-0.25, -0.2) is 8.42 Å². The second-order valence-electron chi connectivity index (χ2n) is 4.69. The van der Waals surface area contributed by atoms with Crippen molar-refractivity contribution in [3.05, 3.63) is 0 Å². The molecule has 4 heteroatoms. The minimum absolute atomic E-state index is 0.202. The van der Waals surface area contributed by atoms with Crippen molar-refractivity contribution in [2.24, 2.45) is 5.41 Å². The van der Waals surface area contributed by atoms with Gasteiger partial charge in [-0.15, -0.1) is 0 Å². The number of hydrogen-bond acceptors (Lipinski definition) is 3. The molecule has 0 radical (unpaired) electrons. The van der Waals surface area contributed by atoms with E-state index in [-0.39, 0.29) is 11.0 Å². The smallest absolute Gasteiger partial charge is 0.152 e. The van der Waals surface area contributed by atoms with E-state index in [9.17, 15) is 8.42 Å². The van der Waals surface area contributed by atoms with Crippen molar-refractivity contribution in [1.29, 1.82) is 5.26 Å². The first-order chi connectivity index (χ1) is 6.75. The molecule has 88 valence electrons. The molecule has 0 amide bonds. The Labute approximate surface area is 93.4 Å². The first-order valence-electron chi connectivity index (χ1n) is 5.38. The van der Waals surface area contributed by atoms with Gasteiger partial charge in [0.1, 0.15) is 0 Å². The molecule has 0 bridgehead atoms. The van der Waals surface area contributed by atoms with Crippen molar-refractivity contribution < 1.29 is 8.42 Å². The average Bonchev–Trinajstić information content (AvgIpc) is 2.16. The highest BCUT2D eigenvalue weighted by Crippen LogP contribution is 2.21. The highest BCUT2D eigenvalue weighted by molar-refractivity contribution is 7.91. The van der Waals surface area contributed by atoms with Crippen LogP contribution in [-0.2, 0) is 9.84 Å². The summed E-state index contributed by atoms with van der Waals surface area (Å²) in [5.41, 5.74) is -0.412. The molecule has 0 spiro atoms. The topological polar surface area (TPSA) is 57.9 Å². The zero-order valence-corrected chi connectivity index (χ0v) is 10.9. The molecule has 0 aromatic rings. The van der Waals surface area contributed by atoms with Gasteiger partial charge < -0.3 is 0 Å². The minimum Gasteiger partial charge on any atom is -0.229 e. The fourth-order valence-electron chi connectivity index (χ4n) is 1.23. The molecule has 0 saturated carbocycles. The summed E-state index contributed by atoms with van der Waals surface area (Å²) >= 11 is 0. The summed E-state index contributed by atoms with van der Waals surface area (Å²) in [5, 5.41) is 8.52. The van der Waals surface area contributed by atoms with E-state index >= 15 is 0 Å². The lowest BCUT2D eigenvalue weighted by atomic mass is 9.90. The Morgan fingerprint density at radius 1 is 1.40 bits per heavy atom. The third kappa shape index (κ3) is 5.17. The molecular weight excluding hydrogens is 210 g/mol. The maximum absolute atomic E-state index is 11.7. The molecule has 0 rings (SSSR count). The average molecular weight is 231 g/mol. The highest BCUT2D eigenvalue weighted by atomic mass is 32.2. The Hall–Kier alpha value is -0.560. The van der Waals surface area contributed by atoms with E-state index in [2.05, 4.69) is 6.07 Å². The predicted molar refractivity (Wildman–Crippen MR) is 62.2 cm³/mol. The Bertz CT molecular complexity index is 325. The molecule has 1 atom stereocenters. The quantitative estimate of drug-likeness (QED) is 0.705. The van der Waals surface area contributed by atoms with Crippen LogP contribution < -0.4 is 0 Å². The van der Waals surface area contributed by atoms with E-state index in [0.29, 0.717) is 19.3 Å². The van der Waals surface area contributed by atoms with Crippen molar-refractivity contribution in [2.45, 2.75) is 52.2 Å². The second kappa shape index (κ2) is 5.50. The van der Waals surface area contributed by atoms with E-state index in [1.807, 2.05) is 20.8 Å². The fourth-order valence-corrected chi connectivity index (χ4v) is 2.68. The zero-order chi connectivity index (χ0) is 12.1. The van der Waals surface area contributed by atoms with E-state index in [1.165, 1.54) is 0 Å². The molecule has 0 aliphatic heterocycles. The number of nitriles is 1.